The SMILES string of the molecule is CCC1CNC(C2CC2)CN1CCc1ccc(Cl)cc1Cl. The van der Waals surface area contributed by atoms with E-state index in [1.54, 1.807) is 0 Å². The number of nitrogens with one attached hydrogen (secondary N) is 1. The van der Waals surface area contributed by atoms with Crippen LogP contribution < -0.4 is 5.32 Å². The van der Waals surface area contributed by atoms with Crippen molar-refractivity contribution in [1.29, 1.82) is 0 Å². The maximum absolute atomic E-state index is 6.29. The first-order valence-electron chi connectivity index (χ1n) is 8.08. The van der Waals surface area contributed by atoms with Crippen molar-refractivity contribution in [1.82, 2.24) is 10.2 Å². The van der Waals surface area contributed by atoms with Crippen molar-refractivity contribution in [2.75, 3.05) is 19.6 Å². The van der Waals surface area contributed by atoms with E-state index in [0.29, 0.717) is 17.1 Å². The summed E-state index contributed by atoms with van der Waals surface area (Å²) in [6, 6.07) is 7.21. The summed E-state index contributed by atoms with van der Waals surface area (Å²) in [6.45, 7) is 5.69. The summed E-state index contributed by atoms with van der Waals surface area (Å²) < 4.78 is 0. The van der Waals surface area contributed by atoms with Gasteiger partial charge in [-0.15, -0.1) is 0 Å². The van der Waals surface area contributed by atoms with Gasteiger partial charge in [0.15, 0.2) is 0 Å². The van der Waals surface area contributed by atoms with E-state index in [-0.39, 0.29) is 0 Å². The molecule has 2 unspecified atom stereocenters. The molecular formula is C17H24Cl2N2. The van der Waals surface area contributed by atoms with Gasteiger partial charge in [-0.2, -0.15) is 0 Å². The third kappa shape index (κ3) is 3.92. The molecule has 2 nitrogen and oxygen atoms in total. The van der Waals surface area contributed by atoms with Crippen LogP contribution in [-0.2, 0) is 6.42 Å². The van der Waals surface area contributed by atoms with Gasteiger partial charge in [0.05, 0.1) is 0 Å². The Kier molecular flexibility index (Phi) is 5.11. The Morgan fingerprint density at radius 2 is 2.10 bits per heavy atom. The molecule has 1 saturated heterocycles. The predicted octanol–water partition coefficient (Wildman–Crippen LogP) is 4.00. The van der Waals surface area contributed by atoms with Crippen LogP contribution in [0.4, 0.5) is 0 Å². The van der Waals surface area contributed by atoms with Crippen molar-refractivity contribution in [3.8, 4) is 0 Å². The first-order valence-corrected chi connectivity index (χ1v) is 8.84. The van der Waals surface area contributed by atoms with Gasteiger partial charge in [0.1, 0.15) is 0 Å². The lowest BCUT2D eigenvalue weighted by Crippen LogP contribution is -2.57. The number of hydrogen-bond acceptors (Lipinski definition) is 2. The molecule has 2 atom stereocenters. The van der Waals surface area contributed by atoms with Crippen molar-refractivity contribution in [3.05, 3.63) is 33.8 Å². The Morgan fingerprint density at radius 1 is 1.29 bits per heavy atom. The van der Waals surface area contributed by atoms with Crippen LogP contribution in [0.2, 0.25) is 10.0 Å². The normalized spacial score (nSPS) is 27.0. The summed E-state index contributed by atoms with van der Waals surface area (Å²) in [5.74, 6) is 0.921. The molecular weight excluding hydrogens is 303 g/mol. The van der Waals surface area contributed by atoms with E-state index in [9.17, 15) is 0 Å². The second-order valence-corrected chi connectivity index (χ2v) is 7.24. The van der Waals surface area contributed by atoms with Crippen LogP contribution in [0.15, 0.2) is 18.2 Å². The Bertz CT molecular complexity index is 488. The number of benzene rings is 1. The van der Waals surface area contributed by atoms with Gasteiger partial charge in [0.2, 0.25) is 0 Å². The Balaban J connectivity index is 1.60. The predicted molar refractivity (Wildman–Crippen MR) is 90.3 cm³/mol. The molecule has 1 saturated carbocycles. The van der Waals surface area contributed by atoms with Crippen molar-refractivity contribution in [2.24, 2.45) is 5.92 Å². The van der Waals surface area contributed by atoms with Crippen LogP contribution in [0.25, 0.3) is 0 Å². The fourth-order valence-corrected chi connectivity index (χ4v) is 3.86. The van der Waals surface area contributed by atoms with Gasteiger partial charge >= 0.3 is 0 Å². The molecule has 1 aliphatic heterocycles. The molecule has 3 rings (SSSR count). The molecule has 0 radical (unpaired) electrons. The third-order valence-electron chi connectivity index (χ3n) is 4.91. The van der Waals surface area contributed by atoms with E-state index in [2.05, 4.69) is 23.2 Å². The van der Waals surface area contributed by atoms with E-state index in [1.807, 2.05) is 12.1 Å². The second kappa shape index (κ2) is 6.87. The van der Waals surface area contributed by atoms with Crippen LogP contribution in [0, 0.1) is 5.92 Å². The zero-order chi connectivity index (χ0) is 14.8. The maximum atomic E-state index is 6.29. The van der Waals surface area contributed by atoms with Gasteiger partial charge in [0, 0.05) is 41.8 Å². The molecule has 2 fully saturated rings. The van der Waals surface area contributed by atoms with Crippen molar-refractivity contribution < 1.29 is 0 Å². The van der Waals surface area contributed by atoms with E-state index < -0.39 is 0 Å². The molecule has 1 heterocycles. The van der Waals surface area contributed by atoms with E-state index in [0.717, 1.165) is 30.5 Å². The minimum atomic E-state index is 0.658. The lowest BCUT2D eigenvalue weighted by Gasteiger charge is -2.40. The van der Waals surface area contributed by atoms with Crippen LogP contribution in [-0.4, -0.2) is 36.6 Å². The Labute approximate surface area is 137 Å². The van der Waals surface area contributed by atoms with Gasteiger partial charge in [0.25, 0.3) is 0 Å². The molecule has 0 bridgehead atoms. The Morgan fingerprint density at radius 3 is 2.76 bits per heavy atom. The fraction of sp³-hybridized carbons (Fsp3) is 0.647. The van der Waals surface area contributed by atoms with Gasteiger partial charge in [-0.25, -0.2) is 0 Å². The molecule has 0 aromatic heterocycles. The highest BCUT2D eigenvalue weighted by atomic mass is 35.5. The third-order valence-corrected chi connectivity index (χ3v) is 5.50. The van der Waals surface area contributed by atoms with Crippen LogP contribution in [0.5, 0.6) is 0 Å². The highest BCUT2D eigenvalue weighted by molar-refractivity contribution is 6.35. The van der Waals surface area contributed by atoms with Gasteiger partial charge in [-0.3, -0.25) is 4.90 Å². The summed E-state index contributed by atoms with van der Waals surface area (Å²) in [5.41, 5.74) is 1.21. The number of halogens is 2. The minimum Gasteiger partial charge on any atom is -0.311 e. The highest BCUT2D eigenvalue weighted by Gasteiger charge is 2.36. The standard InChI is InChI=1S/C17H24Cl2N2/c1-2-15-10-20-17(13-3-4-13)11-21(15)8-7-12-5-6-14(18)9-16(12)19/h5-6,9,13,15,17,20H,2-4,7-8,10-11H2,1H3. The number of piperazine rings is 1. The first kappa shape index (κ1) is 15.6. The molecule has 21 heavy (non-hydrogen) atoms. The zero-order valence-electron chi connectivity index (χ0n) is 12.6. The molecule has 1 aromatic carbocycles. The van der Waals surface area contributed by atoms with Crippen LogP contribution in [0.3, 0.4) is 0 Å². The van der Waals surface area contributed by atoms with E-state index in [4.69, 9.17) is 23.2 Å². The highest BCUT2D eigenvalue weighted by Crippen LogP contribution is 2.34. The summed E-state index contributed by atoms with van der Waals surface area (Å²) in [5, 5.41) is 5.25. The lowest BCUT2D eigenvalue weighted by molar-refractivity contribution is 0.120. The second-order valence-electron chi connectivity index (χ2n) is 6.39. The smallest absolute Gasteiger partial charge is 0.0453 e. The molecule has 4 heteroatoms. The molecule has 116 valence electrons. The number of nitrogens with zero attached hydrogens (tertiary/aromatic N) is 1. The van der Waals surface area contributed by atoms with Crippen molar-refractivity contribution in [3.63, 3.8) is 0 Å². The van der Waals surface area contributed by atoms with Crippen LogP contribution >= 0.6 is 23.2 Å². The lowest BCUT2D eigenvalue weighted by atomic mass is 10.0. The first-order chi connectivity index (χ1) is 10.2. The Hall–Kier alpha value is -0.280. The van der Waals surface area contributed by atoms with Crippen LogP contribution in [0.1, 0.15) is 31.7 Å². The topological polar surface area (TPSA) is 15.3 Å². The molecule has 1 N–H and O–H groups in total. The fourth-order valence-electron chi connectivity index (χ4n) is 3.36. The van der Waals surface area contributed by atoms with Gasteiger partial charge < -0.3 is 5.32 Å². The van der Waals surface area contributed by atoms with Gasteiger partial charge in [-0.05, 0) is 49.3 Å². The average Bonchev–Trinajstić information content (AvgIpc) is 3.31. The molecule has 1 aliphatic carbocycles. The van der Waals surface area contributed by atoms with Crippen molar-refractivity contribution in [2.45, 2.75) is 44.7 Å². The molecule has 1 aromatic rings. The summed E-state index contributed by atoms with van der Waals surface area (Å²) in [4.78, 5) is 2.66. The van der Waals surface area contributed by atoms with Gasteiger partial charge in [-0.1, -0.05) is 36.2 Å². The number of rotatable bonds is 5. The molecule has 0 spiro atoms. The average molecular weight is 327 g/mol. The monoisotopic (exact) mass is 326 g/mol. The van der Waals surface area contributed by atoms with Crippen molar-refractivity contribution >= 4 is 23.2 Å². The summed E-state index contributed by atoms with van der Waals surface area (Å²) in [6.07, 6.45) is 5.03. The number of hydrogen-bond donors (Lipinski definition) is 1. The molecule has 2 aliphatic rings. The van der Waals surface area contributed by atoms with E-state index >= 15 is 0 Å². The van der Waals surface area contributed by atoms with E-state index in [1.165, 1.54) is 31.4 Å². The quantitative estimate of drug-likeness (QED) is 0.879. The largest absolute Gasteiger partial charge is 0.311 e. The maximum Gasteiger partial charge on any atom is 0.0453 e. The summed E-state index contributed by atoms with van der Waals surface area (Å²) >= 11 is 12.3. The zero-order valence-corrected chi connectivity index (χ0v) is 14.1. The minimum absolute atomic E-state index is 0.658. The molecule has 0 amide bonds. The summed E-state index contributed by atoms with van der Waals surface area (Å²) in [7, 11) is 0.